The Morgan fingerprint density at radius 1 is 1.09 bits per heavy atom. The third-order valence-corrected chi connectivity index (χ3v) is 6.78. The SMILES string of the molecule is O=C1CSC(c2ccc(OC3CCCC3)cc2)c2sccc2N1. The standard InChI is InChI=1S/C18H19NO2S2/c20-16-11-23-17(18-15(19-16)9-10-22-18)12-5-7-14(8-6-12)21-13-3-1-2-4-13/h5-10,13,17H,1-4,11H2,(H,19,20). The van der Waals surface area contributed by atoms with Crippen molar-refractivity contribution in [2.45, 2.75) is 37.0 Å². The molecule has 3 nitrogen and oxygen atoms in total. The van der Waals surface area contributed by atoms with Gasteiger partial charge in [-0.05, 0) is 54.8 Å². The second kappa shape index (κ2) is 6.57. The maximum absolute atomic E-state index is 11.8. The highest BCUT2D eigenvalue weighted by Gasteiger charge is 2.25. The number of nitrogens with one attached hydrogen (secondary N) is 1. The first-order valence-electron chi connectivity index (χ1n) is 8.05. The summed E-state index contributed by atoms with van der Waals surface area (Å²) in [5.74, 6) is 1.53. The van der Waals surface area contributed by atoms with Gasteiger partial charge >= 0.3 is 0 Å². The Bertz CT molecular complexity index is 689. The minimum Gasteiger partial charge on any atom is -0.490 e. The van der Waals surface area contributed by atoms with Crippen molar-refractivity contribution >= 4 is 34.7 Å². The lowest BCUT2D eigenvalue weighted by Gasteiger charge is -2.16. The minimum atomic E-state index is 0.0818. The Hall–Kier alpha value is -1.46. The van der Waals surface area contributed by atoms with E-state index in [1.807, 2.05) is 11.4 Å². The van der Waals surface area contributed by atoms with E-state index >= 15 is 0 Å². The first-order chi connectivity index (χ1) is 11.3. The third kappa shape index (κ3) is 3.26. The average molecular weight is 345 g/mol. The molecular weight excluding hydrogens is 326 g/mol. The zero-order valence-electron chi connectivity index (χ0n) is 12.8. The van der Waals surface area contributed by atoms with E-state index in [1.165, 1.54) is 36.1 Å². The summed E-state index contributed by atoms with van der Waals surface area (Å²) in [4.78, 5) is 13.0. The van der Waals surface area contributed by atoms with Gasteiger partial charge in [-0.15, -0.1) is 23.1 Å². The fraction of sp³-hybridized carbons (Fsp3) is 0.389. The van der Waals surface area contributed by atoms with E-state index in [2.05, 4.69) is 29.6 Å². The Balaban J connectivity index is 1.55. The highest BCUT2D eigenvalue weighted by molar-refractivity contribution is 8.00. The molecule has 120 valence electrons. The van der Waals surface area contributed by atoms with Crippen LogP contribution in [0.2, 0.25) is 0 Å². The highest BCUT2D eigenvalue weighted by Crippen LogP contribution is 2.44. The predicted octanol–water partition coefficient (Wildman–Crippen LogP) is 4.84. The van der Waals surface area contributed by atoms with E-state index in [0.29, 0.717) is 11.9 Å². The van der Waals surface area contributed by atoms with Crippen LogP contribution in [0.25, 0.3) is 0 Å². The fourth-order valence-corrected chi connectivity index (χ4v) is 5.46. The molecule has 0 saturated heterocycles. The number of carbonyl (C=O) groups excluding carboxylic acids is 1. The second-order valence-corrected chi connectivity index (χ2v) is 8.07. The molecule has 1 aromatic carbocycles. The molecule has 1 aliphatic heterocycles. The molecule has 1 aromatic heterocycles. The molecule has 2 heterocycles. The van der Waals surface area contributed by atoms with Gasteiger partial charge in [0, 0.05) is 4.88 Å². The van der Waals surface area contributed by atoms with E-state index in [1.54, 1.807) is 23.1 Å². The zero-order chi connectivity index (χ0) is 15.6. The molecule has 2 aliphatic rings. The third-order valence-electron chi connectivity index (χ3n) is 4.38. The van der Waals surface area contributed by atoms with Gasteiger partial charge in [0.2, 0.25) is 5.91 Å². The van der Waals surface area contributed by atoms with Gasteiger partial charge in [-0.25, -0.2) is 0 Å². The van der Waals surface area contributed by atoms with Crippen LogP contribution in [0.3, 0.4) is 0 Å². The van der Waals surface area contributed by atoms with Gasteiger partial charge in [0.1, 0.15) is 5.75 Å². The van der Waals surface area contributed by atoms with Crippen molar-refractivity contribution in [2.24, 2.45) is 0 Å². The van der Waals surface area contributed by atoms with Crippen molar-refractivity contribution in [3.8, 4) is 5.75 Å². The quantitative estimate of drug-likeness (QED) is 0.865. The molecule has 23 heavy (non-hydrogen) atoms. The zero-order valence-corrected chi connectivity index (χ0v) is 14.4. The minimum absolute atomic E-state index is 0.0818. The lowest BCUT2D eigenvalue weighted by Crippen LogP contribution is -2.11. The summed E-state index contributed by atoms with van der Waals surface area (Å²) < 4.78 is 6.04. The van der Waals surface area contributed by atoms with E-state index in [4.69, 9.17) is 4.74 Å². The number of rotatable bonds is 3. The van der Waals surface area contributed by atoms with E-state index in [-0.39, 0.29) is 11.2 Å². The first-order valence-corrected chi connectivity index (χ1v) is 9.98. The molecule has 0 bridgehead atoms. The largest absolute Gasteiger partial charge is 0.490 e. The number of ether oxygens (including phenoxy) is 1. The maximum atomic E-state index is 11.8. The summed E-state index contributed by atoms with van der Waals surface area (Å²) in [5, 5.41) is 5.24. The van der Waals surface area contributed by atoms with Crippen molar-refractivity contribution in [3.63, 3.8) is 0 Å². The number of anilines is 1. The molecule has 0 spiro atoms. The van der Waals surface area contributed by atoms with Gasteiger partial charge in [-0.2, -0.15) is 0 Å². The van der Waals surface area contributed by atoms with Crippen molar-refractivity contribution in [2.75, 3.05) is 11.1 Å². The molecule has 1 saturated carbocycles. The van der Waals surface area contributed by atoms with Crippen molar-refractivity contribution in [3.05, 3.63) is 46.2 Å². The van der Waals surface area contributed by atoms with Crippen LogP contribution in [-0.4, -0.2) is 17.8 Å². The number of fused-ring (bicyclic) bond motifs is 1. The number of carbonyl (C=O) groups is 1. The van der Waals surface area contributed by atoms with Crippen molar-refractivity contribution in [1.29, 1.82) is 0 Å². The van der Waals surface area contributed by atoms with Crippen molar-refractivity contribution in [1.82, 2.24) is 0 Å². The molecule has 1 amide bonds. The fourth-order valence-electron chi connectivity index (χ4n) is 3.22. The molecule has 0 radical (unpaired) electrons. The number of hydrogen-bond acceptors (Lipinski definition) is 4. The summed E-state index contributed by atoms with van der Waals surface area (Å²) >= 11 is 3.40. The van der Waals surface area contributed by atoms with Crippen LogP contribution >= 0.6 is 23.1 Å². The summed E-state index contributed by atoms with van der Waals surface area (Å²) in [7, 11) is 0. The van der Waals surface area contributed by atoms with Gasteiger partial charge in [-0.3, -0.25) is 4.79 Å². The van der Waals surface area contributed by atoms with Crippen LogP contribution in [-0.2, 0) is 4.79 Å². The van der Waals surface area contributed by atoms with Crippen LogP contribution in [0.5, 0.6) is 5.75 Å². The molecule has 1 atom stereocenters. The predicted molar refractivity (Wildman–Crippen MR) is 96.6 cm³/mol. The lowest BCUT2D eigenvalue weighted by atomic mass is 10.1. The smallest absolute Gasteiger partial charge is 0.234 e. The summed E-state index contributed by atoms with van der Waals surface area (Å²) in [6.45, 7) is 0. The molecule has 5 heteroatoms. The Labute approximate surface area is 144 Å². The molecule has 1 aliphatic carbocycles. The van der Waals surface area contributed by atoms with Gasteiger partial charge in [0.25, 0.3) is 0 Å². The Morgan fingerprint density at radius 2 is 1.87 bits per heavy atom. The van der Waals surface area contributed by atoms with Gasteiger partial charge in [-0.1, -0.05) is 12.1 Å². The molecule has 1 fully saturated rings. The van der Waals surface area contributed by atoms with Crippen LogP contribution in [0.4, 0.5) is 5.69 Å². The summed E-state index contributed by atoms with van der Waals surface area (Å²) in [6, 6.07) is 10.4. The Kier molecular flexibility index (Phi) is 4.31. The van der Waals surface area contributed by atoms with Crippen LogP contribution < -0.4 is 10.1 Å². The number of hydrogen-bond donors (Lipinski definition) is 1. The van der Waals surface area contributed by atoms with Gasteiger partial charge in [0.15, 0.2) is 0 Å². The number of thiophene rings is 1. The van der Waals surface area contributed by atoms with E-state index in [0.717, 1.165) is 11.4 Å². The number of thioether (sulfide) groups is 1. The second-order valence-electron chi connectivity index (χ2n) is 6.03. The first kappa shape index (κ1) is 15.1. The van der Waals surface area contributed by atoms with Gasteiger partial charge < -0.3 is 10.1 Å². The van der Waals surface area contributed by atoms with Crippen LogP contribution in [0.15, 0.2) is 35.7 Å². The lowest BCUT2D eigenvalue weighted by molar-refractivity contribution is -0.113. The van der Waals surface area contributed by atoms with E-state index < -0.39 is 0 Å². The number of amides is 1. The van der Waals surface area contributed by atoms with Crippen LogP contribution in [0, 0.1) is 0 Å². The maximum Gasteiger partial charge on any atom is 0.234 e. The molecule has 4 rings (SSSR count). The normalized spacial score (nSPS) is 21.6. The molecule has 2 aromatic rings. The number of benzene rings is 1. The Morgan fingerprint density at radius 3 is 2.65 bits per heavy atom. The molecular formula is C18H19NO2S2. The molecule has 1 unspecified atom stereocenters. The molecule has 1 N–H and O–H groups in total. The summed E-state index contributed by atoms with van der Waals surface area (Å²) in [6.07, 6.45) is 5.30. The van der Waals surface area contributed by atoms with E-state index in [9.17, 15) is 4.79 Å². The highest BCUT2D eigenvalue weighted by atomic mass is 32.2. The average Bonchev–Trinajstić information content (AvgIpc) is 3.19. The van der Waals surface area contributed by atoms with Crippen LogP contribution in [0.1, 0.15) is 41.4 Å². The van der Waals surface area contributed by atoms with Crippen molar-refractivity contribution < 1.29 is 9.53 Å². The monoisotopic (exact) mass is 345 g/mol. The summed E-state index contributed by atoms with van der Waals surface area (Å²) in [5.41, 5.74) is 2.19. The topological polar surface area (TPSA) is 38.3 Å². The van der Waals surface area contributed by atoms with Gasteiger partial charge in [0.05, 0.1) is 22.8 Å².